The van der Waals surface area contributed by atoms with Crippen LogP contribution in [0.15, 0.2) is 11.6 Å². The number of hydrogen-bond acceptors (Lipinski definition) is 3. The highest BCUT2D eigenvalue weighted by Gasteiger charge is 2.54. The molecule has 1 aliphatic heterocycles. The van der Waals surface area contributed by atoms with Crippen molar-refractivity contribution in [2.24, 2.45) is 5.92 Å². The Hall–Kier alpha value is -0.613. The summed E-state index contributed by atoms with van der Waals surface area (Å²) >= 11 is 0. The summed E-state index contributed by atoms with van der Waals surface area (Å²) in [4.78, 5) is 11.8. The number of hydrogen-bond donors (Lipinski definition) is 0. The van der Waals surface area contributed by atoms with E-state index in [-0.39, 0.29) is 22.7 Å². The highest BCUT2D eigenvalue weighted by molar-refractivity contribution is 6.74. The third-order valence-corrected chi connectivity index (χ3v) is 10.5. The van der Waals surface area contributed by atoms with Gasteiger partial charge in [-0.3, -0.25) is 0 Å². The number of carbonyl (C=O) groups is 1. The normalized spacial score (nSPS) is 33.6. The zero-order chi connectivity index (χ0) is 16.8. The molecule has 2 aliphatic rings. The summed E-state index contributed by atoms with van der Waals surface area (Å²) < 4.78 is 12.7. The molecule has 0 amide bonds. The quantitative estimate of drug-likeness (QED) is 0.551. The van der Waals surface area contributed by atoms with Gasteiger partial charge in [-0.1, -0.05) is 40.5 Å². The van der Waals surface area contributed by atoms with E-state index in [0.29, 0.717) is 5.92 Å². The SMILES string of the molecule is CC1=CC(=O)O[C@H]1[C@@]1(O[Si](C)(C)C(C)(C)C)CCCC[C@@H]1C. The topological polar surface area (TPSA) is 35.5 Å². The second-order valence-electron chi connectivity index (χ2n) is 8.67. The Kier molecular flexibility index (Phi) is 4.67. The van der Waals surface area contributed by atoms with E-state index < -0.39 is 8.32 Å². The number of carbonyl (C=O) groups excluding carboxylic acids is 1. The van der Waals surface area contributed by atoms with Gasteiger partial charge in [0.2, 0.25) is 0 Å². The first-order valence-electron chi connectivity index (χ1n) is 8.58. The van der Waals surface area contributed by atoms with Crippen LogP contribution in [0.1, 0.15) is 60.3 Å². The predicted molar refractivity (Wildman–Crippen MR) is 92.3 cm³/mol. The monoisotopic (exact) mass is 324 g/mol. The van der Waals surface area contributed by atoms with E-state index in [1.807, 2.05) is 6.92 Å². The summed E-state index contributed by atoms with van der Waals surface area (Å²) in [5.74, 6) is 0.202. The fourth-order valence-corrected chi connectivity index (χ4v) is 5.22. The van der Waals surface area contributed by atoms with Gasteiger partial charge in [0.25, 0.3) is 0 Å². The minimum Gasteiger partial charge on any atom is -0.452 e. The van der Waals surface area contributed by atoms with Crippen LogP contribution >= 0.6 is 0 Å². The molecule has 0 unspecified atom stereocenters. The van der Waals surface area contributed by atoms with Crippen molar-refractivity contribution in [2.75, 3.05) is 0 Å². The third kappa shape index (κ3) is 3.05. The smallest absolute Gasteiger partial charge is 0.331 e. The van der Waals surface area contributed by atoms with Gasteiger partial charge in [-0.15, -0.1) is 0 Å². The van der Waals surface area contributed by atoms with Crippen molar-refractivity contribution in [3.05, 3.63) is 11.6 Å². The van der Waals surface area contributed by atoms with Gasteiger partial charge in [0.15, 0.2) is 14.4 Å². The van der Waals surface area contributed by atoms with E-state index in [2.05, 4.69) is 40.8 Å². The summed E-state index contributed by atoms with van der Waals surface area (Å²) in [6.45, 7) is 15.7. The van der Waals surface area contributed by atoms with Crippen molar-refractivity contribution < 1.29 is 14.0 Å². The number of esters is 1. The highest BCUT2D eigenvalue weighted by Crippen LogP contribution is 2.49. The lowest BCUT2D eigenvalue weighted by Gasteiger charge is -2.52. The lowest BCUT2D eigenvalue weighted by molar-refractivity contribution is -0.158. The Morgan fingerprint density at radius 2 is 1.95 bits per heavy atom. The Bertz CT molecular complexity index is 475. The first-order chi connectivity index (χ1) is 9.99. The first kappa shape index (κ1) is 17.7. The number of ether oxygens (including phenoxy) is 1. The van der Waals surface area contributed by atoms with Crippen molar-refractivity contribution in [2.45, 2.75) is 90.1 Å². The maximum Gasteiger partial charge on any atom is 0.331 e. The fraction of sp³-hybridized carbons (Fsp3) is 0.833. The van der Waals surface area contributed by atoms with Gasteiger partial charge < -0.3 is 9.16 Å². The van der Waals surface area contributed by atoms with E-state index in [1.54, 1.807) is 6.08 Å². The minimum atomic E-state index is -1.94. The molecule has 3 nitrogen and oxygen atoms in total. The van der Waals surface area contributed by atoms with Crippen LogP contribution in [-0.4, -0.2) is 26.0 Å². The fourth-order valence-electron chi connectivity index (χ4n) is 3.56. The van der Waals surface area contributed by atoms with E-state index in [9.17, 15) is 4.79 Å². The zero-order valence-corrected chi connectivity index (χ0v) is 16.3. The molecule has 0 radical (unpaired) electrons. The van der Waals surface area contributed by atoms with Crippen molar-refractivity contribution in [1.82, 2.24) is 0 Å². The van der Waals surface area contributed by atoms with Crippen LogP contribution < -0.4 is 0 Å². The van der Waals surface area contributed by atoms with Crippen molar-refractivity contribution >= 4 is 14.3 Å². The molecule has 126 valence electrons. The van der Waals surface area contributed by atoms with Crippen LogP contribution in [0.5, 0.6) is 0 Å². The van der Waals surface area contributed by atoms with Crippen LogP contribution in [0.2, 0.25) is 18.1 Å². The highest BCUT2D eigenvalue weighted by atomic mass is 28.4. The van der Waals surface area contributed by atoms with Gasteiger partial charge in [-0.2, -0.15) is 0 Å². The lowest BCUT2D eigenvalue weighted by Crippen LogP contribution is -2.59. The van der Waals surface area contributed by atoms with E-state index in [1.165, 1.54) is 6.42 Å². The molecular weight excluding hydrogens is 292 g/mol. The Morgan fingerprint density at radius 1 is 1.32 bits per heavy atom. The Morgan fingerprint density at radius 3 is 2.41 bits per heavy atom. The van der Waals surface area contributed by atoms with Gasteiger partial charge in [0.1, 0.15) is 0 Å². The molecule has 3 atom stereocenters. The lowest BCUT2D eigenvalue weighted by atomic mass is 9.72. The molecule has 4 heteroatoms. The molecule has 0 N–H and O–H groups in total. The van der Waals surface area contributed by atoms with Gasteiger partial charge in [-0.25, -0.2) is 4.79 Å². The molecule has 0 aromatic heterocycles. The third-order valence-electron chi connectivity index (χ3n) is 5.98. The second-order valence-corrected chi connectivity index (χ2v) is 13.4. The Labute approximate surface area is 136 Å². The first-order valence-corrected chi connectivity index (χ1v) is 11.5. The minimum absolute atomic E-state index is 0.150. The predicted octanol–water partition coefficient (Wildman–Crippen LogP) is 4.83. The van der Waals surface area contributed by atoms with Crippen LogP contribution in [0.3, 0.4) is 0 Å². The molecule has 1 aliphatic carbocycles. The number of rotatable bonds is 3. The largest absolute Gasteiger partial charge is 0.452 e. The van der Waals surface area contributed by atoms with Crippen LogP contribution in [0.4, 0.5) is 0 Å². The molecule has 2 rings (SSSR count). The molecule has 0 spiro atoms. The summed E-state index contributed by atoms with van der Waals surface area (Å²) in [7, 11) is -1.94. The average molecular weight is 325 g/mol. The molecule has 0 saturated heterocycles. The summed E-state index contributed by atoms with van der Waals surface area (Å²) in [6.07, 6.45) is 5.97. The van der Waals surface area contributed by atoms with Crippen molar-refractivity contribution in [3.63, 3.8) is 0 Å². The standard InChI is InChI=1S/C18H32O3Si/c1-13-12-15(19)20-16(13)18(11-9-8-10-14(18)2)21-22(6,7)17(3,4)5/h12,14,16H,8-11H2,1-7H3/t14-,16+,18+/m0/s1. The van der Waals surface area contributed by atoms with Crippen LogP contribution in [-0.2, 0) is 14.0 Å². The van der Waals surface area contributed by atoms with Crippen LogP contribution in [0.25, 0.3) is 0 Å². The summed E-state index contributed by atoms with van der Waals surface area (Å²) in [6, 6.07) is 0. The summed E-state index contributed by atoms with van der Waals surface area (Å²) in [5.41, 5.74) is 0.686. The van der Waals surface area contributed by atoms with Crippen LogP contribution in [0, 0.1) is 5.92 Å². The summed E-state index contributed by atoms with van der Waals surface area (Å²) in [5, 5.41) is 0.150. The van der Waals surface area contributed by atoms with E-state index >= 15 is 0 Å². The molecule has 0 aromatic carbocycles. The van der Waals surface area contributed by atoms with Crippen molar-refractivity contribution in [1.29, 1.82) is 0 Å². The van der Waals surface area contributed by atoms with Gasteiger partial charge >= 0.3 is 5.97 Å². The second kappa shape index (κ2) is 5.79. The maximum atomic E-state index is 11.8. The van der Waals surface area contributed by atoms with E-state index in [4.69, 9.17) is 9.16 Å². The molecule has 0 bridgehead atoms. The molecule has 22 heavy (non-hydrogen) atoms. The Balaban J connectivity index is 2.39. The van der Waals surface area contributed by atoms with Crippen molar-refractivity contribution in [3.8, 4) is 0 Å². The molecule has 1 saturated carbocycles. The van der Waals surface area contributed by atoms with Gasteiger partial charge in [0.05, 0.1) is 5.60 Å². The van der Waals surface area contributed by atoms with E-state index in [0.717, 1.165) is 24.8 Å². The molecule has 1 fully saturated rings. The molecular formula is C18H32O3Si. The maximum absolute atomic E-state index is 11.8. The molecule has 0 aromatic rings. The zero-order valence-electron chi connectivity index (χ0n) is 15.3. The van der Waals surface area contributed by atoms with Gasteiger partial charge in [0, 0.05) is 6.08 Å². The average Bonchev–Trinajstić information content (AvgIpc) is 2.70. The molecule has 1 heterocycles. The van der Waals surface area contributed by atoms with Gasteiger partial charge in [-0.05, 0) is 49.4 Å². The number of cyclic esters (lactones) is 1.